The van der Waals surface area contributed by atoms with Gasteiger partial charge in [-0.1, -0.05) is 38.1 Å². The van der Waals surface area contributed by atoms with Crippen LogP contribution in [0.2, 0.25) is 0 Å². The largest absolute Gasteiger partial charge is 0.481 e. The highest BCUT2D eigenvalue weighted by atomic mass is 16.4. The minimum absolute atomic E-state index is 0.0486. The van der Waals surface area contributed by atoms with E-state index in [0.29, 0.717) is 5.92 Å². The quantitative estimate of drug-likeness (QED) is 0.780. The van der Waals surface area contributed by atoms with Crippen molar-refractivity contribution in [3.63, 3.8) is 0 Å². The van der Waals surface area contributed by atoms with Gasteiger partial charge in [-0.15, -0.1) is 0 Å². The number of nitrogens with two attached hydrogens (primary N) is 1. The van der Waals surface area contributed by atoms with Gasteiger partial charge < -0.3 is 15.9 Å². The number of benzene rings is 1. The van der Waals surface area contributed by atoms with Crippen molar-refractivity contribution in [2.24, 2.45) is 11.7 Å². The zero-order valence-corrected chi connectivity index (χ0v) is 13.8. The van der Waals surface area contributed by atoms with E-state index in [2.05, 4.69) is 13.8 Å². The molecule has 1 aromatic rings. The molecule has 0 heterocycles. The SMILES string of the molecule is CC(C)(N)CO.CC(C)Cc1ccc(C(C)C(=O)O)cc1. The molecule has 1 rings (SSSR count). The first-order valence-electron chi connectivity index (χ1n) is 7.28. The second-order valence-corrected chi connectivity index (χ2v) is 6.55. The van der Waals surface area contributed by atoms with Gasteiger partial charge in [0, 0.05) is 5.54 Å². The third kappa shape index (κ3) is 9.21. The first-order chi connectivity index (χ1) is 9.56. The van der Waals surface area contributed by atoms with Crippen LogP contribution in [-0.4, -0.2) is 28.3 Å². The van der Waals surface area contributed by atoms with E-state index in [9.17, 15) is 4.79 Å². The van der Waals surface area contributed by atoms with Crippen molar-refractivity contribution in [3.05, 3.63) is 35.4 Å². The molecule has 0 radical (unpaired) electrons. The summed E-state index contributed by atoms with van der Waals surface area (Å²) < 4.78 is 0. The Kier molecular flexibility index (Phi) is 8.22. The van der Waals surface area contributed by atoms with Crippen LogP contribution in [0.5, 0.6) is 0 Å². The fourth-order valence-corrected chi connectivity index (χ4v) is 1.56. The van der Waals surface area contributed by atoms with Crippen molar-refractivity contribution in [1.29, 1.82) is 0 Å². The maximum Gasteiger partial charge on any atom is 0.310 e. The van der Waals surface area contributed by atoms with Crippen molar-refractivity contribution in [2.75, 3.05) is 6.61 Å². The Morgan fingerprint density at radius 3 is 1.90 bits per heavy atom. The molecule has 0 aromatic heterocycles. The van der Waals surface area contributed by atoms with E-state index >= 15 is 0 Å². The van der Waals surface area contributed by atoms with Gasteiger partial charge in [-0.3, -0.25) is 4.79 Å². The van der Waals surface area contributed by atoms with Crippen LogP contribution in [0.3, 0.4) is 0 Å². The molecule has 1 unspecified atom stereocenters. The minimum atomic E-state index is -0.772. The number of aliphatic carboxylic acids is 1. The van der Waals surface area contributed by atoms with Crippen molar-refractivity contribution in [1.82, 2.24) is 0 Å². The van der Waals surface area contributed by atoms with E-state index in [1.54, 1.807) is 20.8 Å². The van der Waals surface area contributed by atoms with E-state index in [1.165, 1.54) is 5.56 Å². The zero-order chi connectivity index (χ0) is 16.6. The molecule has 0 amide bonds. The normalized spacial score (nSPS) is 12.6. The fraction of sp³-hybridized carbons (Fsp3) is 0.588. The van der Waals surface area contributed by atoms with Gasteiger partial charge in [0.05, 0.1) is 12.5 Å². The highest BCUT2D eigenvalue weighted by Gasteiger charge is 2.12. The number of rotatable bonds is 5. The van der Waals surface area contributed by atoms with Crippen LogP contribution in [0.4, 0.5) is 0 Å². The molecule has 1 atom stereocenters. The summed E-state index contributed by atoms with van der Waals surface area (Å²) in [5.74, 6) is -0.558. The van der Waals surface area contributed by atoms with Crippen molar-refractivity contribution in [2.45, 2.75) is 52.5 Å². The number of carboxylic acid groups (broad SMARTS) is 1. The molecule has 0 aliphatic heterocycles. The summed E-state index contributed by atoms with van der Waals surface area (Å²) in [6.07, 6.45) is 1.04. The molecule has 1 aromatic carbocycles. The summed E-state index contributed by atoms with van der Waals surface area (Å²) in [6, 6.07) is 7.87. The number of aliphatic hydroxyl groups excluding tert-OH is 1. The van der Waals surface area contributed by atoms with Gasteiger partial charge in [-0.05, 0) is 44.2 Å². The fourth-order valence-electron chi connectivity index (χ4n) is 1.56. The van der Waals surface area contributed by atoms with Crippen LogP contribution in [0.1, 0.15) is 51.7 Å². The Balaban J connectivity index is 0.000000567. The lowest BCUT2D eigenvalue weighted by molar-refractivity contribution is -0.138. The Hall–Kier alpha value is -1.39. The van der Waals surface area contributed by atoms with E-state index in [-0.39, 0.29) is 6.61 Å². The molecule has 0 spiro atoms. The lowest BCUT2D eigenvalue weighted by Gasteiger charge is -2.12. The predicted octanol–water partition coefficient (Wildman–Crippen LogP) is 2.79. The topological polar surface area (TPSA) is 83.5 Å². The number of hydrogen-bond donors (Lipinski definition) is 3. The molecule has 4 N–H and O–H groups in total. The number of carboxylic acids is 1. The summed E-state index contributed by atoms with van der Waals surface area (Å²) >= 11 is 0. The maximum absolute atomic E-state index is 10.8. The minimum Gasteiger partial charge on any atom is -0.481 e. The van der Waals surface area contributed by atoms with Crippen LogP contribution in [0, 0.1) is 5.92 Å². The number of hydrogen-bond acceptors (Lipinski definition) is 3. The Morgan fingerprint density at radius 2 is 1.62 bits per heavy atom. The van der Waals surface area contributed by atoms with Gasteiger partial charge in [0.25, 0.3) is 0 Å². The van der Waals surface area contributed by atoms with Crippen LogP contribution in [-0.2, 0) is 11.2 Å². The van der Waals surface area contributed by atoms with Gasteiger partial charge in [0.15, 0.2) is 0 Å². The van der Waals surface area contributed by atoms with Crippen LogP contribution >= 0.6 is 0 Å². The molecule has 0 aliphatic carbocycles. The predicted molar refractivity (Wildman–Crippen MR) is 86.4 cm³/mol. The molecular weight excluding hydrogens is 266 g/mol. The van der Waals surface area contributed by atoms with Gasteiger partial charge in [0.1, 0.15) is 0 Å². The van der Waals surface area contributed by atoms with Gasteiger partial charge in [0.2, 0.25) is 0 Å². The van der Waals surface area contributed by atoms with Crippen molar-refractivity contribution < 1.29 is 15.0 Å². The van der Waals surface area contributed by atoms with Gasteiger partial charge in [-0.2, -0.15) is 0 Å². The van der Waals surface area contributed by atoms with Crippen molar-refractivity contribution >= 4 is 5.97 Å². The average molecular weight is 295 g/mol. The Morgan fingerprint density at radius 1 is 1.19 bits per heavy atom. The number of aliphatic hydroxyl groups is 1. The van der Waals surface area contributed by atoms with Crippen molar-refractivity contribution in [3.8, 4) is 0 Å². The van der Waals surface area contributed by atoms with E-state index in [4.69, 9.17) is 15.9 Å². The smallest absolute Gasteiger partial charge is 0.310 e. The molecule has 21 heavy (non-hydrogen) atoms. The first kappa shape index (κ1) is 19.6. The maximum atomic E-state index is 10.8. The third-order valence-electron chi connectivity index (χ3n) is 2.90. The average Bonchev–Trinajstić information content (AvgIpc) is 2.38. The summed E-state index contributed by atoms with van der Waals surface area (Å²) in [5, 5.41) is 17.1. The monoisotopic (exact) mass is 295 g/mol. The molecule has 0 saturated carbocycles. The van der Waals surface area contributed by atoms with E-state index < -0.39 is 17.4 Å². The lowest BCUT2D eigenvalue weighted by Crippen LogP contribution is -2.35. The van der Waals surface area contributed by atoms with Crippen LogP contribution < -0.4 is 5.73 Å². The van der Waals surface area contributed by atoms with Gasteiger partial charge >= 0.3 is 5.97 Å². The van der Waals surface area contributed by atoms with Gasteiger partial charge in [-0.25, -0.2) is 0 Å². The Labute approximate surface area is 128 Å². The van der Waals surface area contributed by atoms with E-state index in [0.717, 1.165) is 12.0 Å². The molecule has 0 bridgehead atoms. The number of carbonyl (C=O) groups is 1. The third-order valence-corrected chi connectivity index (χ3v) is 2.90. The molecule has 4 heteroatoms. The van der Waals surface area contributed by atoms with E-state index in [1.807, 2.05) is 24.3 Å². The molecule has 4 nitrogen and oxygen atoms in total. The highest BCUT2D eigenvalue weighted by molar-refractivity contribution is 5.75. The molecule has 0 saturated heterocycles. The molecule has 0 fully saturated rings. The highest BCUT2D eigenvalue weighted by Crippen LogP contribution is 2.17. The summed E-state index contributed by atoms with van der Waals surface area (Å²) in [6.45, 7) is 9.65. The van der Waals surface area contributed by atoms with Crippen LogP contribution in [0.25, 0.3) is 0 Å². The lowest BCUT2D eigenvalue weighted by atomic mass is 9.97. The first-order valence-corrected chi connectivity index (χ1v) is 7.28. The molecule has 0 aliphatic rings. The second kappa shape index (κ2) is 8.80. The molecular formula is C17H29NO3. The molecule has 120 valence electrons. The summed E-state index contributed by atoms with van der Waals surface area (Å²) in [7, 11) is 0. The zero-order valence-electron chi connectivity index (χ0n) is 13.8. The van der Waals surface area contributed by atoms with Crippen LogP contribution in [0.15, 0.2) is 24.3 Å². The standard InChI is InChI=1S/C13H18O2.C4H11NO/c1-9(2)8-11-4-6-12(7-5-11)10(3)13(14)15;1-4(2,5)3-6/h4-7,9-10H,8H2,1-3H3,(H,14,15);6H,3,5H2,1-2H3. The Bertz CT molecular complexity index is 419. The second-order valence-electron chi connectivity index (χ2n) is 6.55. The summed E-state index contributed by atoms with van der Waals surface area (Å²) in [5.41, 5.74) is 7.02. The summed E-state index contributed by atoms with van der Waals surface area (Å²) in [4.78, 5) is 10.8.